The van der Waals surface area contributed by atoms with E-state index in [1.807, 2.05) is 13.1 Å². The van der Waals surface area contributed by atoms with Gasteiger partial charge in [-0.25, -0.2) is 4.39 Å². The minimum absolute atomic E-state index is 0.0836. The number of hydrogen-bond donors (Lipinski definition) is 1. The Labute approximate surface area is 202 Å². The number of nitrogens with zero attached hydrogens (tertiary/aromatic N) is 2. The van der Waals surface area contributed by atoms with Crippen LogP contribution in [0.4, 0.5) is 4.39 Å². The zero-order valence-corrected chi connectivity index (χ0v) is 20.9. The van der Waals surface area contributed by atoms with Gasteiger partial charge in [0.15, 0.2) is 5.78 Å². The smallest absolute Gasteiger partial charge is 0.157 e. The van der Waals surface area contributed by atoms with Crippen molar-refractivity contribution < 1.29 is 14.3 Å². The maximum absolute atomic E-state index is 13.6. The zero-order chi connectivity index (χ0) is 23.9. The van der Waals surface area contributed by atoms with Crippen LogP contribution >= 0.6 is 0 Å². The van der Waals surface area contributed by atoms with Crippen molar-refractivity contribution >= 4 is 16.7 Å². The van der Waals surface area contributed by atoms with Crippen molar-refractivity contribution in [3.8, 4) is 0 Å². The highest BCUT2D eigenvalue weighted by atomic mass is 19.1. The number of benzene rings is 1. The van der Waals surface area contributed by atoms with Crippen LogP contribution in [0.15, 0.2) is 24.4 Å². The van der Waals surface area contributed by atoms with Crippen molar-refractivity contribution in [3.05, 3.63) is 30.2 Å². The average molecular weight is 467 g/mol. The quantitative estimate of drug-likeness (QED) is 0.590. The van der Waals surface area contributed by atoms with Gasteiger partial charge >= 0.3 is 0 Å². The van der Waals surface area contributed by atoms with Crippen molar-refractivity contribution in [2.45, 2.75) is 90.7 Å². The molecule has 34 heavy (non-hydrogen) atoms. The van der Waals surface area contributed by atoms with Crippen LogP contribution in [0, 0.1) is 46.2 Å². The molecule has 1 aromatic heterocycles. The molecule has 0 bridgehead atoms. The number of aliphatic hydroxyl groups is 1. The van der Waals surface area contributed by atoms with Crippen molar-refractivity contribution in [1.82, 2.24) is 9.78 Å². The number of rotatable bonds is 3. The summed E-state index contributed by atoms with van der Waals surface area (Å²) < 4.78 is 15.3. The topological polar surface area (TPSA) is 55.1 Å². The molecule has 0 radical (unpaired) electrons. The molecule has 0 amide bonds. The Bertz CT molecular complexity index is 1120. The van der Waals surface area contributed by atoms with Crippen LogP contribution in [0.5, 0.6) is 0 Å². The molecule has 0 unspecified atom stereocenters. The van der Waals surface area contributed by atoms with Crippen molar-refractivity contribution in [3.63, 3.8) is 0 Å². The SMILES string of the molecule is C[C@@]1(O)CC[C@@]2(C)[C@H](CC[C@@H]3[C@@H]2CC[C@]2(C)[C@@H](C(=O)Cn4cc5cc(F)ccc5n4)CC[C@@H]32)C1. The lowest BCUT2D eigenvalue weighted by molar-refractivity contribution is -0.151. The molecule has 4 nitrogen and oxygen atoms in total. The van der Waals surface area contributed by atoms with Crippen molar-refractivity contribution in [2.75, 3.05) is 0 Å². The Morgan fingerprint density at radius 3 is 2.68 bits per heavy atom. The number of fused-ring (bicyclic) bond motifs is 6. The first-order chi connectivity index (χ1) is 16.1. The molecule has 0 spiro atoms. The summed E-state index contributed by atoms with van der Waals surface area (Å²) >= 11 is 0. The summed E-state index contributed by atoms with van der Waals surface area (Å²) in [6.45, 7) is 7.24. The third kappa shape index (κ3) is 3.40. The Balaban J connectivity index is 1.20. The van der Waals surface area contributed by atoms with E-state index < -0.39 is 5.60 Å². The van der Waals surface area contributed by atoms with Gasteiger partial charge in [0, 0.05) is 17.5 Å². The van der Waals surface area contributed by atoms with E-state index in [2.05, 4.69) is 18.9 Å². The maximum Gasteiger partial charge on any atom is 0.157 e. The first-order valence-corrected chi connectivity index (χ1v) is 13.5. The van der Waals surface area contributed by atoms with Crippen LogP contribution in [0.2, 0.25) is 0 Å². The van der Waals surface area contributed by atoms with Crippen LogP contribution in [-0.2, 0) is 11.3 Å². The molecule has 0 saturated heterocycles. The Morgan fingerprint density at radius 2 is 1.85 bits per heavy atom. The Hall–Kier alpha value is -1.75. The number of aromatic nitrogens is 2. The highest BCUT2D eigenvalue weighted by Gasteiger charge is 2.61. The number of carbonyl (C=O) groups is 1. The van der Waals surface area contributed by atoms with Crippen molar-refractivity contribution in [2.24, 2.45) is 40.4 Å². The Kier molecular flexibility index (Phi) is 5.09. The predicted octanol–water partition coefficient (Wildman–Crippen LogP) is 6.15. The third-order valence-electron chi connectivity index (χ3n) is 11.2. The van der Waals surface area contributed by atoms with E-state index in [9.17, 15) is 14.3 Å². The summed E-state index contributed by atoms with van der Waals surface area (Å²) in [7, 11) is 0. The molecule has 4 saturated carbocycles. The molecule has 184 valence electrons. The van der Waals surface area contributed by atoms with E-state index >= 15 is 0 Å². The second-order valence-electron chi connectivity index (χ2n) is 13.0. The Morgan fingerprint density at radius 1 is 1.06 bits per heavy atom. The van der Waals surface area contributed by atoms with Crippen LogP contribution in [0.3, 0.4) is 0 Å². The molecule has 1 heterocycles. The maximum atomic E-state index is 13.6. The van der Waals surface area contributed by atoms with E-state index in [4.69, 9.17) is 0 Å². The lowest BCUT2D eigenvalue weighted by Crippen LogP contribution is -2.55. The number of Topliss-reactive ketones (excluding diaryl/α,β-unsaturated/α-hetero) is 1. The monoisotopic (exact) mass is 466 g/mol. The molecular weight excluding hydrogens is 427 g/mol. The van der Waals surface area contributed by atoms with Gasteiger partial charge in [-0.15, -0.1) is 0 Å². The fraction of sp³-hybridized carbons (Fsp3) is 0.724. The van der Waals surface area contributed by atoms with Gasteiger partial charge in [0.2, 0.25) is 0 Å². The fourth-order valence-corrected chi connectivity index (χ4v) is 9.36. The molecule has 0 aliphatic heterocycles. The van der Waals surface area contributed by atoms with Gasteiger partial charge in [-0.05, 0) is 117 Å². The molecule has 6 rings (SSSR count). The normalized spacial score (nSPS) is 43.9. The summed E-state index contributed by atoms with van der Waals surface area (Å²) in [6.07, 6.45) is 11.8. The number of carbonyl (C=O) groups excluding carboxylic acids is 1. The molecule has 4 aliphatic carbocycles. The molecule has 4 fully saturated rings. The minimum Gasteiger partial charge on any atom is -0.390 e. The summed E-state index contributed by atoms with van der Waals surface area (Å²) in [5, 5.41) is 16.0. The summed E-state index contributed by atoms with van der Waals surface area (Å²) in [5.74, 6) is 2.85. The first-order valence-electron chi connectivity index (χ1n) is 13.5. The molecule has 1 N–H and O–H groups in total. The standard InChI is InChI=1S/C29H39FN2O2/c1-27(34)12-13-28(2)19(15-27)4-6-21-22-7-8-24(29(22,3)11-10-23(21)28)26(33)17-32-16-18-14-20(30)5-9-25(18)31-32/h5,9,14,16,19,21-24,34H,4,6-8,10-13,15,17H2,1-3H3/t19-,21+,22+,23+,24-,27-,28+,29+/m1/s1. The lowest BCUT2D eigenvalue weighted by atomic mass is 9.44. The second kappa shape index (κ2) is 7.62. The predicted molar refractivity (Wildman–Crippen MR) is 131 cm³/mol. The van der Waals surface area contributed by atoms with E-state index in [-0.39, 0.29) is 23.7 Å². The van der Waals surface area contributed by atoms with E-state index in [1.54, 1.807) is 10.7 Å². The zero-order valence-electron chi connectivity index (χ0n) is 20.9. The van der Waals surface area contributed by atoms with E-state index in [1.165, 1.54) is 37.8 Å². The summed E-state index contributed by atoms with van der Waals surface area (Å²) in [5.41, 5.74) is 0.676. The molecular formula is C29H39FN2O2. The first kappa shape index (κ1) is 22.7. The van der Waals surface area contributed by atoms with Gasteiger partial charge in [0.25, 0.3) is 0 Å². The lowest BCUT2D eigenvalue weighted by Gasteiger charge is -2.61. The van der Waals surface area contributed by atoms with Gasteiger partial charge < -0.3 is 5.11 Å². The number of hydrogen-bond acceptors (Lipinski definition) is 3. The number of halogens is 1. The largest absolute Gasteiger partial charge is 0.390 e. The molecule has 5 heteroatoms. The van der Waals surface area contributed by atoms with Crippen LogP contribution in [0.25, 0.3) is 10.9 Å². The fourth-order valence-electron chi connectivity index (χ4n) is 9.36. The van der Waals surface area contributed by atoms with Gasteiger partial charge in [-0.1, -0.05) is 13.8 Å². The molecule has 8 atom stereocenters. The summed E-state index contributed by atoms with van der Waals surface area (Å²) in [6, 6.07) is 4.59. The van der Waals surface area contributed by atoms with Gasteiger partial charge in [-0.3, -0.25) is 9.48 Å². The van der Waals surface area contributed by atoms with Gasteiger partial charge in [0.05, 0.1) is 17.7 Å². The minimum atomic E-state index is -0.492. The highest BCUT2D eigenvalue weighted by molar-refractivity contribution is 5.83. The number of ketones is 1. The second-order valence-corrected chi connectivity index (χ2v) is 13.0. The summed E-state index contributed by atoms with van der Waals surface area (Å²) in [4.78, 5) is 13.6. The van der Waals surface area contributed by atoms with Crippen LogP contribution in [-0.4, -0.2) is 26.3 Å². The molecule has 4 aliphatic rings. The van der Waals surface area contributed by atoms with E-state index in [0.717, 1.165) is 54.8 Å². The molecule has 1 aromatic carbocycles. The van der Waals surface area contributed by atoms with Crippen LogP contribution < -0.4 is 0 Å². The highest BCUT2D eigenvalue weighted by Crippen LogP contribution is 2.68. The van der Waals surface area contributed by atoms with E-state index in [0.29, 0.717) is 23.0 Å². The third-order valence-corrected chi connectivity index (χ3v) is 11.2. The van der Waals surface area contributed by atoms with Crippen molar-refractivity contribution in [1.29, 1.82) is 0 Å². The van der Waals surface area contributed by atoms with Gasteiger partial charge in [-0.2, -0.15) is 5.10 Å². The molecule has 2 aromatic rings. The van der Waals surface area contributed by atoms with Gasteiger partial charge in [0.1, 0.15) is 5.82 Å². The average Bonchev–Trinajstić information content (AvgIpc) is 3.33. The van der Waals surface area contributed by atoms with Crippen LogP contribution in [0.1, 0.15) is 78.6 Å².